The minimum atomic E-state index is -0.515. The molecule has 2 rings (SSSR count). The van der Waals surface area contributed by atoms with E-state index >= 15 is 0 Å². The molecule has 0 bridgehead atoms. The predicted molar refractivity (Wildman–Crippen MR) is 102 cm³/mol. The lowest BCUT2D eigenvalue weighted by atomic mass is 10.1. The molecule has 0 radical (unpaired) electrons. The number of carbonyl (C=O) groups excluding carboxylic acids is 3. The number of rotatable bonds is 5. The van der Waals surface area contributed by atoms with E-state index in [1.165, 1.54) is 0 Å². The SMILES string of the molecule is CC(C)(C)OC(=O)NC1CCN(CC(=O)Nc2ccc(C(N)=O)cc2)CC1. The van der Waals surface area contributed by atoms with Crippen LogP contribution in [0, 0.1) is 0 Å². The summed E-state index contributed by atoms with van der Waals surface area (Å²) in [4.78, 5) is 37.1. The third-order valence-corrected chi connectivity index (χ3v) is 4.13. The number of ether oxygens (including phenoxy) is 1. The average molecular weight is 376 g/mol. The highest BCUT2D eigenvalue weighted by molar-refractivity contribution is 5.95. The summed E-state index contributed by atoms with van der Waals surface area (Å²) in [5.74, 6) is -0.629. The third-order valence-electron chi connectivity index (χ3n) is 4.13. The van der Waals surface area contributed by atoms with E-state index in [2.05, 4.69) is 10.6 Å². The summed E-state index contributed by atoms with van der Waals surface area (Å²) in [5.41, 5.74) is 5.69. The number of piperidine rings is 1. The van der Waals surface area contributed by atoms with E-state index in [0.29, 0.717) is 24.3 Å². The van der Waals surface area contributed by atoms with Crippen LogP contribution in [0.4, 0.5) is 10.5 Å². The van der Waals surface area contributed by atoms with Gasteiger partial charge in [0.1, 0.15) is 5.60 Å². The van der Waals surface area contributed by atoms with Gasteiger partial charge < -0.3 is 21.1 Å². The molecular formula is C19H28N4O4. The highest BCUT2D eigenvalue weighted by atomic mass is 16.6. The standard InChI is InChI=1S/C19H28N4O4/c1-19(2,3)27-18(26)22-15-8-10-23(11-9-15)12-16(24)21-14-6-4-13(5-7-14)17(20)25/h4-7,15H,8-12H2,1-3H3,(H2,20,25)(H,21,24)(H,22,26). The molecule has 0 aromatic heterocycles. The molecule has 1 aromatic rings. The van der Waals surface area contributed by atoms with Crippen LogP contribution in [-0.4, -0.2) is 54.1 Å². The van der Waals surface area contributed by atoms with E-state index in [1.807, 2.05) is 25.7 Å². The molecule has 1 aliphatic rings. The minimum absolute atomic E-state index is 0.0560. The van der Waals surface area contributed by atoms with Crippen LogP contribution in [0.3, 0.4) is 0 Å². The van der Waals surface area contributed by atoms with Crippen molar-refractivity contribution in [1.29, 1.82) is 0 Å². The summed E-state index contributed by atoms with van der Waals surface area (Å²) in [6.07, 6.45) is 1.12. The molecule has 0 spiro atoms. The highest BCUT2D eigenvalue weighted by Crippen LogP contribution is 2.13. The predicted octanol–water partition coefficient (Wildman–Crippen LogP) is 1.71. The molecule has 1 fully saturated rings. The Kier molecular flexibility index (Phi) is 6.79. The van der Waals surface area contributed by atoms with Crippen molar-refractivity contribution in [2.24, 2.45) is 5.73 Å². The second kappa shape index (κ2) is 8.85. The Labute approximate surface area is 159 Å². The maximum Gasteiger partial charge on any atom is 0.407 e. The van der Waals surface area contributed by atoms with Crippen LogP contribution < -0.4 is 16.4 Å². The van der Waals surface area contributed by atoms with Crippen LogP contribution in [0.1, 0.15) is 44.0 Å². The van der Waals surface area contributed by atoms with Crippen LogP contribution in [0.15, 0.2) is 24.3 Å². The first-order chi connectivity index (χ1) is 12.6. The molecule has 148 valence electrons. The molecule has 0 unspecified atom stereocenters. The molecule has 0 aliphatic carbocycles. The number of amides is 3. The Balaban J connectivity index is 1.72. The first-order valence-corrected chi connectivity index (χ1v) is 9.04. The number of hydrogen-bond acceptors (Lipinski definition) is 5. The number of likely N-dealkylation sites (tertiary alicyclic amines) is 1. The van der Waals surface area contributed by atoms with Gasteiger partial charge in [0.25, 0.3) is 0 Å². The molecule has 8 nitrogen and oxygen atoms in total. The summed E-state index contributed by atoms with van der Waals surface area (Å²) in [6, 6.07) is 6.50. The van der Waals surface area contributed by atoms with E-state index in [1.54, 1.807) is 24.3 Å². The van der Waals surface area contributed by atoms with Crippen molar-refractivity contribution in [1.82, 2.24) is 10.2 Å². The van der Waals surface area contributed by atoms with Gasteiger partial charge in [0.2, 0.25) is 11.8 Å². The summed E-state index contributed by atoms with van der Waals surface area (Å²) >= 11 is 0. The van der Waals surface area contributed by atoms with Gasteiger partial charge >= 0.3 is 6.09 Å². The molecule has 3 amide bonds. The van der Waals surface area contributed by atoms with Crippen LogP contribution >= 0.6 is 0 Å². The summed E-state index contributed by atoms with van der Waals surface area (Å²) < 4.78 is 5.26. The molecule has 8 heteroatoms. The Morgan fingerprint density at radius 2 is 1.74 bits per heavy atom. The molecule has 4 N–H and O–H groups in total. The zero-order valence-corrected chi connectivity index (χ0v) is 16.1. The van der Waals surface area contributed by atoms with Crippen molar-refractivity contribution in [3.05, 3.63) is 29.8 Å². The van der Waals surface area contributed by atoms with Gasteiger partial charge in [-0.15, -0.1) is 0 Å². The minimum Gasteiger partial charge on any atom is -0.444 e. The Bertz CT molecular complexity index is 674. The average Bonchev–Trinajstić information content (AvgIpc) is 2.55. The van der Waals surface area contributed by atoms with Gasteiger partial charge in [-0.05, 0) is 57.9 Å². The lowest BCUT2D eigenvalue weighted by molar-refractivity contribution is -0.117. The molecule has 1 aliphatic heterocycles. The first-order valence-electron chi connectivity index (χ1n) is 9.04. The number of alkyl carbamates (subject to hydrolysis) is 1. The van der Waals surface area contributed by atoms with Crippen molar-refractivity contribution in [3.8, 4) is 0 Å². The summed E-state index contributed by atoms with van der Waals surface area (Å²) in [6.45, 7) is 7.19. The third kappa shape index (κ3) is 7.26. The number of nitrogens with one attached hydrogen (secondary N) is 2. The monoisotopic (exact) mass is 376 g/mol. The first kappa shape index (κ1) is 20.7. The van der Waals surface area contributed by atoms with Crippen molar-refractivity contribution < 1.29 is 19.1 Å². The van der Waals surface area contributed by atoms with Crippen molar-refractivity contribution in [2.75, 3.05) is 25.0 Å². The lowest BCUT2D eigenvalue weighted by Gasteiger charge is -2.32. The number of nitrogens with zero attached hydrogens (tertiary/aromatic N) is 1. The zero-order valence-electron chi connectivity index (χ0n) is 16.1. The van der Waals surface area contributed by atoms with E-state index in [9.17, 15) is 14.4 Å². The molecule has 0 saturated carbocycles. The Morgan fingerprint density at radius 3 is 2.26 bits per heavy atom. The number of benzene rings is 1. The fourth-order valence-electron chi connectivity index (χ4n) is 2.83. The van der Waals surface area contributed by atoms with Crippen molar-refractivity contribution >= 4 is 23.6 Å². The van der Waals surface area contributed by atoms with Gasteiger partial charge in [-0.2, -0.15) is 0 Å². The smallest absolute Gasteiger partial charge is 0.407 e. The van der Waals surface area contributed by atoms with Gasteiger partial charge in [0.05, 0.1) is 6.54 Å². The summed E-state index contributed by atoms with van der Waals surface area (Å²) in [7, 11) is 0. The number of anilines is 1. The normalized spacial score (nSPS) is 15.8. The Morgan fingerprint density at radius 1 is 1.15 bits per heavy atom. The van der Waals surface area contributed by atoms with Gasteiger partial charge in [-0.1, -0.05) is 0 Å². The highest BCUT2D eigenvalue weighted by Gasteiger charge is 2.24. The topological polar surface area (TPSA) is 114 Å². The van der Waals surface area contributed by atoms with E-state index in [0.717, 1.165) is 12.8 Å². The van der Waals surface area contributed by atoms with Crippen LogP contribution in [0.25, 0.3) is 0 Å². The second-order valence-electron chi connectivity index (χ2n) is 7.69. The number of carbonyl (C=O) groups is 3. The largest absolute Gasteiger partial charge is 0.444 e. The summed E-state index contributed by atoms with van der Waals surface area (Å²) in [5, 5.41) is 5.68. The fraction of sp³-hybridized carbons (Fsp3) is 0.526. The van der Waals surface area contributed by atoms with Gasteiger partial charge in [-0.3, -0.25) is 14.5 Å². The molecule has 1 saturated heterocycles. The van der Waals surface area contributed by atoms with Gasteiger partial charge in [0.15, 0.2) is 0 Å². The quantitative estimate of drug-likeness (QED) is 0.724. The van der Waals surface area contributed by atoms with Gasteiger partial charge in [0, 0.05) is 30.4 Å². The van der Waals surface area contributed by atoms with E-state index < -0.39 is 17.6 Å². The molecule has 1 aromatic carbocycles. The molecule has 0 atom stereocenters. The van der Waals surface area contributed by atoms with Gasteiger partial charge in [-0.25, -0.2) is 4.79 Å². The molecule has 1 heterocycles. The van der Waals surface area contributed by atoms with Crippen molar-refractivity contribution in [2.45, 2.75) is 45.3 Å². The van der Waals surface area contributed by atoms with E-state index in [-0.39, 0.29) is 18.5 Å². The van der Waals surface area contributed by atoms with E-state index in [4.69, 9.17) is 10.5 Å². The zero-order chi connectivity index (χ0) is 20.0. The van der Waals surface area contributed by atoms with Crippen LogP contribution in [0.5, 0.6) is 0 Å². The van der Waals surface area contributed by atoms with Crippen LogP contribution in [-0.2, 0) is 9.53 Å². The maximum atomic E-state index is 12.2. The fourth-order valence-corrected chi connectivity index (χ4v) is 2.83. The molecule has 27 heavy (non-hydrogen) atoms. The number of primary amides is 1. The van der Waals surface area contributed by atoms with Crippen molar-refractivity contribution in [3.63, 3.8) is 0 Å². The number of hydrogen-bond donors (Lipinski definition) is 3. The second-order valence-corrected chi connectivity index (χ2v) is 7.69. The number of nitrogens with two attached hydrogens (primary N) is 1. The van der Waals surface area contributed by atoms with Crippen LogP contribution in [0.2, 0.25) is 0 Å². The Hall–Kier alpha value is -2.61. The maximum absolute atomic E-state index is 12.2. The lowest BCUT2D eigenvalue weighted by Crippen LogP contribution is -2.47. The molecular weight excluding hydrogens is 348 g/mol.